The molecule has 5 heteroatoms. The largest absolute Gasteiger partial charge is 0.452 e. The first kappa shape index (κ1) is 27.9. The lowest BCUT2D eigenvalue weighted by Gasteiger charge is -2.15. The fourth-order valence-corrected chi connectivity index (χ4v) is 7.90. The molecule has 0 aliphatic carbocycles. The van der Waals surface area contributed by atoms with Crippen molar-refractivity contribution in [3.8, 4) is 34.0 Å². The maximum Gasteiger partial charge on any atom is 0.180 e. The normalized spacial score (nSPS) is 11.9. The Morgan fingerprint density at radius 1 is 0.431 bits per heavy atom. The molecule has 0 unspecified atom stereocenters. The molecule has 0 bridgehead atoms. The number of rotatable bonds is 4. The molecule has 0 aliphatic rings. The minimum absolute atomic E-state index is 0.663. The molecule has 238 valence electrons. The summed E-state index contributed by atoms with van der Waals surface area (Å²) < 4.78 is 11.4. The summed E-state index contributed by atoms with van der Waals surface area (Å²) in [6.07, 6.45) is 0. The zero-order valence-electron chi connectivity index (χ0n) is 27.4. The van der Waals surface area contributed by atoms with Crippen molar-refractivity contribution in [2.45, 2.75) is 0 Å². The predicted molar refractivity (Wildman–Crippen MR) is 209 cm³/mol. The molecule has 0 spiro atoms. The monoisotopic (exact) mass is 652 g/mol. The van der Waals surface area contributed by atoms with Crippen molar-refractivity contribution in [3.05, 3.63) is 170 Å². The van der Waals surface area contributed by atoms with E-state index < -0.39 is 0 Å². The van der Waals surface area contributed by atoms with Crippen molar-refractivity contribution >= 4 is 65.7 Å². The van der Waals surface area contributed by atoms with Gasteiger partial charge in [-0.1, -0.05) is 115 Å². The number of aromatic nitrogens is 4. The van der Waals surface area contributed by atoms with Crippen LogP contribution in [0.15, 0.2) is 174 Å². The maximum atomic E-state index is 6.59. The Morgan fingerprint density at radius 2 is 1.02 bits per heavy atom. The van der Waals surface area contributed by atoms with Gasteiger partial charge in [0.25, 0.3) is 0 Å². The van der Waals surface area contributed by atoms with Crippen LogP contribution >= 0.6 is 0 Å². The summed E-state index contributed by atoms with van der Waals surface area (Å²) in [5.41, 5.74) is 11.7. The van der Waals surface area contributed by atoms with Gasteiger partial charge in [0.05, 0.1) is 27.8 Å². The lowest BCUT2D eigenvalue weighted by atomic mass is 10.1. The van der Waals surface area contributed by atoms with E-state index in [2.05, 4.69) is 143 Å². The maximum absolute atomic E-state index is 6.59. The van der Waals surface area contributed by atoms with E-state index >= 15 is 0 Å². The third-order valence-electron chi connectivity index (χ3n) is 10.1. The van der Waals surface area contributed by atoms with Crippen LogP contribution in [0.2, 0.25) is 0 Å². The second-order valence-corrected chi connectivity index (χ2v) is 13.0. The Labute approximate surface area is 292 Å². The molecule has 0 saturated heterocycles. The molecule has 0 radical (unpaired) electrons. The number of hydrogen-bond donors (Lipinski definition) is 0. The lowest BCUT2D eigenvalue weighted by molar-refractivity contribution is 0.667. The Morgan fingerprint density at radius 3 is 1.78 bits per heavy atom. The summed E-state index contributed by atoms with van der Waals surface area (Å²) in [4.78, 5) is 10.4. The van der Waals surface area contributed by atoms with Gasteiger partial charge in [-0.15, -0.1) is 0 Å². The summed E-state index contributed by atoms with van der Waals surface area (Å²) in [7, 11) is 0. The second-order valence-electron chi connectivity index (χ2n) is 13.0. The van der Waals surface area contributed by atoms with E-state index in [9.17, 15) is 0 Å². The van der Waals surface area contributed by atoms with Gasteiger partial charge in [0.2, 0.25) is 0 Å². The molecule has 4 aromatic heterocycles. The van der Waals surface area contributed by atoms with Gasteiger partial charge >= 0.3 is 0 Å². The van der Waals surface area contributed by atoms with Crippen LogP contribution < -0.4 is 0 Å². The van der Waals surface area contributed by atoms with Crippen LogP contribution in [-0.2, 0) is 0 Å². The van der Waals surface area contributed by atoms with E-state index in [1.165, 1.54) is 27.1 Å². The van der Waals surface area contributed by atoms with E-state index in [4.69, 9.17) is 14.4 Å². The fourth-order valence-electron chi connectivity index (χ4n) is 7.90. The van der Waals surface area contributed by atoms with E-state index in [-0.39, 0.29) is 0 Å². The van der Waals surface area contributed by atoms with Crippen molar-refractivity contribution in [2.24, 2.45) is 0 Å². The molecule has 0 amide bonds. The van der Waals surface area contributed by atoms with Crippen molar-refractivity contribution in [3.63, 3.8) is 0 Å². The number of benzene rings is 7. The summed E-state index contributed by atoms with van der Waals surface area (Å²) >= 11 is 0. The van der Waals surface area contributed by atoms with Gasteiger partial charge in [0.1, 0.15) is 16.8 Å². The quantitative estimate of drug-likeness (QED) is 0.190. The van der Waals surface area contributed by atoms with Gasteiger partial charge in [-0.2, -0.15) is 0 Å². The Balaban J connectivity index is 1.26. The minimum atomic E-state index is 0.663. The number of nitrogens with zero attached hydrogens (tertiary/aromatic N) is 4. The van der Waals surface area contributed by atoms with Crippen LogP contribution in [0.25, 0.3) is 99.7 Å². The van der Waals surface area contributed by atoms with Gasteiger partial charge in [-0.3, -0.25) is 0 Å². The van der Waals surface area contributed by atoms with Gasteiger partial charge in [-0.05, 0) is 54.6 Å². The molecule has 5 nitrogen and oxygen atoms in total. The third kappa shape index (κ3) is 4.09. The third-order valence-corrected chi connectivity index (χ3v) is 10.1. The molecule has 0 atom stereocenters. The van der Waals surface area contributed by atoms with Gasteiger partial charge in [0, 0.05) is 43.7 Å². The Bertz CT molecular complexity index is 3130. The SMILES string of the molecule is c1ccc(-c2nc(-c3ccccc3-n3c4ccccc4c4cc5c6ccccc6n(-c6ccccc6)c5cc43)c3oc4ccccc4c3n2)cc1. The first-order valence-electron chi connectivity index (χ1n) is 17.2. The average molecular weight is 653 g/mol. The highest BCUT2D eigenvalue weighted by Gasteiger charge is 2.23. The van der Waals surface area contributed by atoms with Crippen LogP contribution in [0.3, 0.4) is 0 Å². The molecule has 7 aromatic carbocycles. The topological polar surface area (TPSA) is 48.8 Å². The highest BCUT2D eigenvalue weighted by molar-refractivity contribution is 6.19. The van der Waals surface area contributed by atoms with Crippen molar-refractivity contribution in [2.75, 3.05) is 0 Å². The van der Waals surface area contributed by atoms with Gasteiger partial charge < -0.3 is 13.6 Å². The summed E-state index contributed by atoms with van der Waals surface area (Å²) in [6.45, 7) is 0. The minimum Gasteiger partial charge on any atom is -0.452 e. The number of furan rings is 1. The van der Waals surface area contributed by atoms with Gasteiger partial charge in [-0.25, -0.2) is 9.97 Å². The van der Waals surface area contributed by atoms with Crippen LogP contribution in [0.1, 0.15) is 0 Å². The number of para-hydroxylation sites is 5. The Hall–Kier alpha value is -6.98. The van der Waals surface area contributed by atoms with Crippen molar-refractivity contribution in [1.29, 1.82) is 0 Å². The predicted octanol–water partition coefficient (Wildman–Crippen LogP) is 11.9. The molecule has 51 heavy (non-hydrogen) atoms. The zero-order valence-corrected chi connectivity index (χ0v) is 27.4. The highest BCUT2D eigenvalue weighted by atomic mass is 16.3. The molecule has 0 fully saturated rings. The number of fused-ring (bicyclic) bond motifs is 9. The van der Waals surface area contributed by atoms with Crippen LogP contribution in [0.4, 0.5) is 0 Å². The lowest BCUT2D eigenvalue weighted by Crippen LogP contribution is -2.00. The second kappa shape index (κ2) is 10.8. The molecule has 4 heterocycles. The molecule has 0 aliphatic heterocycles. The molecule has 11 aromatic rings. The summed E-state index contributed by atoms with van der Waals surface area (Å²) in [5.74, 6) is 0.663. The average Bonchev–Trinajstić information content (AvgIpc) is 3.85. The number of hydrogen-bond acceptors (Lipinski definition) is 3. The smallest absolute Gasteiger partial charge is 0.180 e. The zero-order chi connectivity index (χ0) is 33.5. The standard InChI is InChI=1S/C46H28N4O/c1-3-15-29(16-4-1)46-47-43(45-44(48-46)34-22-10-14-26-42(34)51-45)33-21-9-13-25-39(33)50-38-24-12-8-20-32(38)36-27-35-31-19-7-11-23-37(31)49(40(35)28-41(36)50)30-17-5-2-6-18-30/h1-28H. The van der Waals surface area contributed by atoms with Crippen LogP contribution in [0.5, 0.6) is 0 Å². The molecule has 0 N–H and O–H groups in total. The van der Waals surface area contributed by atoms with E-state index in [0.717, 1.165) is 61.2 Å². The van der Waals surface area contributed by atoms with E-state index in [1.54, 1.807) is 0 Å². The summed E-state index contributed by atoms with van der Waals surface area (Å²) in [5, 5.41) is 5.83. The molecule has 0 saturated carbocycles. The molecular weight excluding hydrogens is 625 g/mol. The molecule has 11 rings (SSSR count). The fraction of sp³-hybridized carbons (Fsp3) is 0. The Kier molecular flexibility index (Phi) is 5.89. The first-order valence-corrected chi connectivity index (χ1v) is 17.2. The van der Waals surface area contributed by atoms with Crippen molar-refractivity contribution in [1.82, 2.24) is 19.1 Å². The first-order chi connectivity index (χ1) is 25.3. The molecular formula is C46H28N4O. The summed E-state index contributed by atoms with van der Waals surface area (Å²) in [6, 6.07) is 59.6. The van der Waals surface area contributed by atoms with Crippen LogP contribution in [0, 0.1) is 0 Å². The van der Waals surface area contributed by atoms with E-state index in [0.29, 0.717) is 11.4 Å². The van der Waals surface area contributed by atoms with E-state index in [1.807, 2.05) is 36.4 Å². The van der Waals surface area contributed by atoms with Crippen molar-refractivity contribution < 1.29 is 4.42 Å². The van der Waals surface area contributed by atoms with Gasteiger partial charge in [0.15, 0.2) is 11.4 Å². The highest BCUT2D eigenvalue weighted by Crippen LogP contribution is 2.43. The van der Waals surface area contributed by atoms with Crippen LogP contribution in [-0.4, -0.2) is 19.1 Å².